The van der Waals surface area contributed by atoms with Crippen LogP contribution in [0.4, 0.5) is 10.1 Å². The van der Waals surface area contributed by atoms with Gasteiger partial charge in [-0.25, -0.2) is 12.8 Å². The fourth-order valence-electron chi connectivity index (χ4n) is 2.05. The Hall–Kier alpha value is -3.29. The van der Waals surface area contributed by atoms with Crippen molar-refractivity contribution in [1.29, 1.82) is 5.26 Å². The number of rotatable bonds is 7. The van der Waals surface area contributed by atoms with E-state index in [1.165, 1.54) is 49.4 Å². The highest BCUT2D eigenvalue weighted by Crippen LogP contribution is 2.11. The normalized spacial score (nSPS) is 11.9. The number of nitriles is 1. The van der Waals surface area contributed by atoms with Crippen LogP contribution < -0.4 is 10.0 Å². The fraction of sp³-hybridized carbons (Fsp3) is 0.167. The first-order valence-corrected chi connectivity index (χ1v) is 9.45. The van der Waals surface area contributed by atoms with Crippen LogP contribution in [-0.2, 0) is 24.3 Å². The Bertz CT molecular complexity index is 1020. The maximum absolute atomic E-state index is 13.1. The second-order valence-electron chi connectivity index (χ2n) is 5.59. The van der Waals surface area contributed by atoms with Gasteiger partial charge in [-0.2, -0.15) is 9.98 Å². The molecular weight excluding hydrogens is 389 g/mol. The van der Waals surface area contributed by atoms with Gasteiger partial charge in [-0.1, -0.05) is 6.07 Å². The summed E-state index contributed by atoms with van der Waals surface area (Å²) in [5.74, 6) is -2.22. The number of hydrogen-bond acceptors (Lipinski definition) is 6. The minimum Gasteiger partial charge on any atom is -0.452 e. The lowest BCUT2D eigenvalue weighted by molar-refractivity contribution is -0.151. The summed E-state index contributed by atoms with van der Waals surface area (Å²) in [4.78, 5) is 23.6. The standard InChI is InChI=1S/C18H16FN3O5S/c1-12(18(24)22-15-4-2-3-14(19)9-15)27-17(23)11-21-28(25,26)16-7-5-13(10-20)6-8-16/h2-9,12,21H,11H2,1H3,(H,22,24)/t12-/m0/s1. The van der Waals surface area contributed by atoms with E-state index in [0.717, 1.165) is 6.07 Å². The average molecular weight is 405 g/mol. The van der Waals surface area contributed by atoms with Gasteiger partial charge in [0, 0.05) is 5.69 Å². The summed E-state index contributed by atoms with van der Waals surface area (Å²) in [6, 6.07) is 12.1. The highest BCUT2D eigenvalue weighted by atomic mass is 32.2. The number of ether oxygens (including phenoxy) is 1. The van der Waals surface area contributed by atoms with Crippen molar-refractivity contribution in [2.75, 3.05) is 11.9 Å². The van der Waals surface area contributed by atoms with Crippen LogP contribution in [-0.4, -0.2) is 32.9 Å². The molecule has 0 fully saturated rings. The number of hydrogen-bond donors (Lipinski definition) is 2. The van der Waals surface area contributed by atoms with E-state index in [4.69, 9.17) is 10.00 Å². The van der Waals surface area contributed by atoms with Crippen molar-refractivity contribution in [3.05, 3.63) is 59.9 Å². The lowest BCUT2D eigenvalue weighted by atomic mass is 10.2. The zero-order chi connectivity index (χ0) is 20.7. The van der Waals surface area contributed by atoms with Crippen LogP contribution >= 0.6 is 0 Å². The largest absolute Gasteiger partial charge is 0.452 e. The first kappa shape index (κ1) is 21.0. The van der Waals surface area contributed by atoms with Gasteiger partial charge >= 0.3 is 5.97 Å². The maximum Gasteiger partial charge on any atom is 0.321 e. The highest BCUT2D eigenvalue weighted by Gasteiger charge is 2.20. The van der Waals surface area contributed by atoms with Crippen molar-refractivity contribution < 1.29 is 27.1 Å². The third-order valence-electron chi connectivity index (χ3n) is 3.47. The van der Waals surface area contributed by atoms with E-state index < -0.39 is 40.4 Å². The molecule has 2 N–H and O–H groups in total. The van der Waals surface area contributed by atoms with Gasteiger partial charge in [0.1, 0.15) is 12.4 Å². The Morgan fingerprint density at radius 2 is 1.89 bits per heavy atom. The molecule has 0 heterocycles. The third-order valence-corrected chi connectivity index (χ3v) is 4.89. The van der Waals surface area contributed by atoms with Gasteiger partial charge in [-0.05, 0) is 49.4 Å². The molecule has 0 unspecified atom stereocenters. The van der Waals surface area contributed by atoms with E-state index >= 15 is 0 Å². The zero-order valence-electron chi connectivity index (χ0n) is 14.7. The lowest BCUT2D eigenvalue weighted by Crippen LogP contribution is -2.35. The quantitative estimate of drug-likeness (QED) is 0.673. The predicted molar refractivity (Wildman–Crippen MR) is 96.9 cm³/mol. The molecule has 10 heteroatoms. The number of nitrogens with zero attached hydrogens (tertiary/aromatic N) is 1. The zero-order valence-corrected chi connectivity index (χ0v) is 15.5. The third kappa shape index (κ3) is 5.87. The van der Waals surface area contributed by atoms with Crippen LogP contribution in [0.5, 0.6) is 0 Å². The first-order chi connectivity index (χ1) is 13.2. The Kier molecular flexibility index (Phi) is 6.81. The summed E-state index contributed by atoms with van der Waals surface area (Å²) in [6.45, 7) is 0.599. The molecule has 1 atom stereocenters. The summed E-state index contributed by atoms with van der Waals surface area (Å²) in [6.07, 6.45) is -1.23. The van der Waals surface area contributed by atoms with E-state index in [2.05, 4.69) is 5.32 Å². The van der Waals surface area contributed by atoms with Crippen LogP contribution in [0.2, 0.25) is 0 Å². The lowest BCUT2D eigenvalue weighted by Gasteiger charge is -2.14. The molecule has 1 amide bonds. The summed E-state index contributed by atoms with van der Waals surface area (Å²) >= 11 is 0. The van der Waals surface area contributed by atoms with Gasteiger partial charge in [0.2, 0.25) is 10.0 Å². The molecule has 8 nitrogen and oxygen atoms in total. The minimum absolute atomic E-state index is 0.129. The summed E-state index contributed by atoms with van der Waals surface area (Å²) < 4.78 is 44.2. The number of carbonyl (C=O) groups excluding carboxylic acids is 2. The van der Waals surface area contributed by atoms with Crippen molar-refractivity contribution in [3.63, 3.8) is 0 Å². The molecule has 28 heavy (non-hydrogen) atoms. The number of carbonyl (C=O) groups is 2. The molecule has 0 aliphatic carbocycles. The van der Waals surface area contributed by atoms with Gasteiger partial charge < -0.3 is 10.1 Å². The van der Waals surface area contributed by atoms with E-state index in [1.807, 2.05) is 10.8 Å². The summed E-state index contributed by atoms with van der Waals surface area (Å²) in [7, 11) is -3.99. The molecule has 2 aromatic rings. The van der Waals surface area contributed by atoms with E-state index in [9.17, 15) is 22.4 Å². The number of nitrogens with one attached hydrogen (secondary N) is 2. The second kappa shape index (κ2) is 9.07. The summed E-state index contributed by atoms with van der Waals surface area (Å²) in [5, 5.41) is 11.1. The smallest absolute Gasteiger partial charge is 0.321 e. The van der Waals surface area contributed by atoms with Crippen molar-refractivity contribution in [2.45, 2.75) is 17.9 Å². The first-order valence-electron chi connectivity index (χ1n) is 7.97. The molecule has 2 rings (SSSR count). The molecular formula is C18H16FN3O5S. The van der Waals surface area contributed by atoms with Gasteiger partial charge in [0.15, 0.2) is 6.10 Å². The van der Waals surface area contributed by atoms with Crippen LogP contribution in [0, 0.1) is 17.1 Å². The highest BCUT2D eigenvalue weighted by molar-refractivity contribution is 7.89. The molecule has 0 aliphatic heterocycles. The molecule has 0 saturated heterocycles. The number of halogens is 1. The number of esters is 1. The molecule has 0 bridgehead atoms. The predicted octanol–water partition coefficient (Wildman–Crippen LogP) is 1.55. The van der Waals surface area contributed by atoms with Gasteiger partial charge in [0.05, 0.1) is 16.5 Å². The van der Waals surface area contributed by atoms with Crippen LogP contribution in [0.1, 0.15) is 12.5 Å². The molecule has 0 radical (unpaired) electrons. The Morgan fingerprint density at radius 3 is 2.50 bits per heavy atom. The SMILES string of the molecule is C[C@H](OC(=O)CNS(=O)(=O)c1ccc(C#N)cc1)C(=O)Nc1cccc(F)c1. The molecule has 2 aromatic carbocycles. The minimum atomic E-state index is -3.99. The van der Waals surface area contributed by atoms with Crippen LogP contribution in [0.25, 0.3) is 0 Å². The Morgan fingerprint density at radius 1 is 1.21 bits per heavy atom. The van der Waals surface area contributed by atoms with Crippen LogP contribution in [0.15, 0.2) is 53.4 Å². The topological polar surface area (TPSA) is 125 Å². The Labute approximate surface area is 161 Å². The second-order valence-corrected chi connectivity index (χ2v) is 7.36. The average Bonchev–Trinajstić information content (AvgIpc) is 2.66. The van der Waals surface area contributed by atoms with E-state index in [0.29, 0.717) is 0 Å². The molecule has 146 valence electrons. The fourth-order valence-corrected chi connectivity index (χ4v) is 3.02. The maximum atomic E-state index is 13.1. The number of anilines is 1. The molecule has 0 spiro atoms. The molecule has 0 aromatic heterocycles. The van der Waals surface area contributed by atoms with Crippen molar-refractivity contribution in [1.82, 2.24) is 4.72 Å². The number of benzene rings is 2. The van der Waals surface area contributed by atoms with Crippen molar-refractivity contribution in [2.24, 2.45) is 0 Å². The number of sulfonamides is 1. The van der Waals surface area contributed by atoms with Crippen molar-refractivity contribution >= 4 is 27.6 Å². The van der Waals surface area contributed by atoms with Gasteiger partial charge in [-0.3, -0.25) is 9.59 Å². The van der Waals surface area contributed by atoms with E-state index in [1.54, 1.807) is 0 Å². The number of amides is 1. The Balaban J connectivity index is 1.88. The van der Waals surface area contributed by atoms with Crippen LogP contribution in [0.3, 0.4) is 0 Å². The summed E-state index contributed by atoms with van der Waals surface area (Å²) in [5.41, 5.74) is 0.478. The molecule has 0 aliphatic rings. The van der Waals surface area contributed by atoms with Gasteiger partial charge in [0.25, 0.3) is 5.91 Å². The van der Waals surface area contributed by atoms with Crippen molar-refractivity contribution in [3.8, 4) is 6.07 Å². The van der Waals surface area contributed by atoms with Gasteiger partial charge in [-0.15, -0.1) is 0 Å². The monoisotopic (exact) mass is 405 g/mol. The van der Waals surface area contributed by atoms with E-state index in [-0.39, 0.29) is 16.1 Å². The molecule has 0 saturated carbocycles.